The van der Waals surface area contributed by atoms with Gasteiger partial charge in [-0.1, -0.05) is 45.1 Å². The first-order valence-corrected chi connectivity index (χ1v) is 4.74. The minimum atomic E-state index is 0.700. The van der Waals surface area contributed by atoms with Gasteiger partial charge in [-0.15, -0.1) is 0 Å². The van der Waals surface area contributed by atoms with E-state index in [1.54, 1.807) is 12.2 Å². The third-order valence-corrected chi connectivity index (χ3v) is 1.20. The van der Waals surface area contributed by atoms with Gasteiger partial charge < -0.3 is 0 Å². The van der Waals surface area contributed by atoms with Gasteiger partial charge in [-0.2, -0.15) is 5.26 Å². The van der Waals surface area contributed by atoms with E-state index in [2.05, 4.69) is 13.0 Å². The zero-order valence-corrected chi connectivity index (χ0v) is 9.04. The average Bonchev–Trinajstić information content (AvgIpc) is 2.21. The molecule has 0 fully saturated rings. The second-order valence-corrected chi connectivity index (χ2v) is 2.05. The van der Waals surface area contributed by atoms with E-state index < -0.39 is 0 Å². The molecule has 0 N–H and O–H groups in total. The molecule has 0 spiro atoms. The number of allylic oxidation sites excluding steroid dienone is 6. The number of nitriles is 1. The zero-order chi connectivity index (χ0) is 10.5. The molecular formula is C12H19N. The molecule has 0 aliphatic rings. The van der Waals surface area contributed by atoms with Gasteiger partial charge >= 0.3 is 0 Å². The summed E-state index contributed by atoms with van der Waals surface area (Å²) in [7, 11) is 0. The van der Waals surface area contributed by atoms with Crippen LogP contribution >= 0.6 is 0 Å². The van der Waals surface area contributed by atoms with Crippen LogP contribution in [0.15, 0.2) is 36.0 Å². The molecule has 13 heavy (non-hydrogen) atoms. The molecule has 0 bridgehead atoms. The SMILES string of the molecule is CC.C\C=C(C#N)/C=C\C=C/CC. The summed E-state index contributed by atoms with van der Waals surface area (Å²) >= 11 is 0. The highest BCUT2D eigenvalue weighted by Crippen LogP contribution is 1.94. The van der Waals surface area contributed by atoms with Gasteiger partial charge in [-0.25, -0.2) is 0 Å². The molecule has 0 saturated heterocycles. The Balaban J connectivity index is 0. The fourth-order valence-corrected chi connectivity index (χ4v) is 0.572. The highest BCUT2D eigenvalue weighted by Gasteiger charge is 1.80. The van der Waals surface area contributed by atoms with Crippen LogP contribution < -0.4 is 0 Å². The Morgan fingerprint density at radius 3 is 2.31 bits per heavy atom. The molecule has 0 aromatic rings. The lowest BCUT2D eigenvalue weighted by atomic mass is 10.2. The lowest BCUT2D eigenvalue weighted by Crippen LogP contribution is -1.66. The first-order chi connectivity index (χ1) is 6.35. The van der Waals surface area contributed by atoms with E-state index in [-0.39, 0.29) is 0 Å². The third kappa shape index (κ3) is 10.7. The Labute approximate surface area is 82.1 Å². The predicted octanol–water partition coefficient (Wildman–Crippen LogP) is 4.00. The van der Waals surface area contributed by atoms with E-state index in [1.807, 2.05) is 39.0 Å². The van der Waals surface area contributed by atoms with Crippen LogP contribution in [-0.2, 0) is 0 Å². The van der Waals surface area contributed by atoms with Crippen LogP contribution in [0, 0.1) is 11.3 Å². The van der Waals surface area contributed by atoms with Crippen molar-refractivity contribution in [2.24, 2.45) is 0 Å². The normalized spacial score (nSPS) is 11.2. The molecular weight excluding hydrogens is 158 g/mol. The summed E-state index contributed by atoms with van der Waals surface area (Å²) < 4.78 is 0. The van der Waals surface area contributed by atoms with E-state index >= 15 is 0 Å². The van der Waals surface area contributed by atoms with Crippen molar-refractivity contribution in [1.29, 1.82) is 5.26 Å². The Hall–Kier alpha value is -1.29. The zero-order valence-electron chi connectivity index (χ0n) is 9.04. The maximum absolute atomic E-state index is 8.49. The minimum absolute atomic E-state index is 0.700. The molecule has 0 heterocycles. The van der Waals surface area contributed by atoms with Gasteiger partial charge in [0.2, 0.25) is 0 Å². The summed E-state index contributed by atoms with van der Waals surface area (Å²) in [6.07, 6.45) is 10.5. The molecule has 1 nitrogen and oxygen atoms in total. The molecule has 0 aromatic carbocycles. The second kappa shape index (κ2) is 13.3. The maximum atomic E-state index is 8.49. The Bertz CT molecular complexity index is 214. The van der Waals surface area contributed by atoms with Crippen LogP contribution in [0.4, 0.5) is 0 Å². The number of rotatable bonds is 3. The van der Waals surface area contributed by atoms with Crippen molar-refractivity contribution in [2.75, 3.05) is 0 Å². The standard InChI is InChI=1S/C10H13N.C2H6/c1-3-5-6-7-8-10(4-2)9-11;1-2/h4-8H,3H2,1-2H3;1-2H3/b6-5-,8-7-,10-4+;. The molecule has 0 saturated carbocycles. The van der Waals surface area contributed by atoms with E-state index in [9.17, 15) is 0 Å². The van der Waals surface area contributed by atoms with Gasteiger partial charge in [-0.05, 0) is 19.4 Å². The van der Waals surface area contributed by atoms with Crippen molar-refractivity contribution in [3.05, 3.63) is 36.0 Å². The van der Waals surface area contributed by atoms with Gasteiger partial charge in [0.05, 0.1) is 6.07 Å². The third-order valence-electron chi connectivity index (χ3n) is 1.20. The lowest BCUT2D eigenvalue weighted by Gasteiger charge is -1.80. The molecule has 72 valence electrons. The Kier molecular flexibility index (Phi) is 14.6. The molecule has 0 rings (SSSR count). The largest absolute Gasteiger partial charge is 0.192 e. The molecule has 0 aromatic heterocycles. The first-order valence-electron chi connectivity index (χ1n) is 4.74. The van der Waals surface area contributed by atoms with Gasteiger partial charge in [0, 0.05) is 5.57 Å². The lowest BCUT2D eigenvalue weighted by molar-refractivity contribution is 1.22. The first kappa shape index (κ1) is 14.2. The van der Waals surface area contributed by atoms with E-state index in [0.29, 0.717) is 5.57 Å². The highest BCUT2D eigenvalue weighted by atomic mass is 14.2. The number of hydrogen-bond acceptors (Lipinski definition) is 1. The summed E-state index contributed by atoms with van der Waals surface area (Å²) in [6, 6.07) is 2.07. The van der Waals surface area contributed by atoms with Gasteiger partial charge in [0.1, 0.15) is 0 Å². The van der Waals surface area contributed by atoms with Crippen molar-refractivity contribution in [3.63, 3.8) is 0 Å². The topological polar surface area (TPSA) is 23.8 Å². The average molecular weight is 177 g/mol. The fraction of sp³-hybridized carbons (Fsp3) is 0.417. The molecule has 0 atom stereocenters. The monoisotopic (exact) mass is 177 g/mol. The molecule has 0 radical (unpaired) electrons. The number of nitrogens with zero attached hydrogens (tertiary/aromatic N) is 1. The van der Waals surface area contributed by atoms with Crippen molar-refractivity contribution in [3.8, 4) is 6.07 Å². The summed E-state index contributed by atoms with van der Waals surface area (Å²) in [5.41, 5.74) is 0.700. The highest BCUT2D eigenvalue weighted by molar-refractivity contribution is 5.33. The van der Waals surface area contributed by atoms with E-state index in [1.165, 1.54) is 0 Å². The number of hydrogen-bond donors (Lipinski definition) is 0. The van der Waals surface area contributed by atoms with Crippen molar-refractivity contribution < 1.29 is 0 Å². The molecule has 0 aliphatic carbocycles. The van der Waals surface area contributed by atoms with Crippen LogP contribution in [-0.4, -0.2) is 0 Å². The fourth-order valence-electron chi connectivity index (χ4n) is 0.572. The summed E-state index contributed by atoms with van der Waals surface area (Å²) in [6.45, 7) is 7.93. The Morgan fingerprint density at radius 2 is 1.92 bits per heavy atom. The van der Waals surface area contributed by atoms with Crippen molar-refractivity contribution in [1.82, 2.24) is 0 Å². The van der Waals surface area contributed by atoms with Crippen molar-refractivity contribution in [2.45, 2.75) is 34.1 Å². The van der Waals surface area contributed by atoms with Crippen LogP contribution in [0.1, 0.15) is 34.1 Å². The van der Waals surface area contributed by atoms with Gasteiger partial charge in [-0.3, -0.25) is 0 Å². The summed E-state index contributed by atoms with van der Waals surface area (Å²) in [5, 5.41) is 8.49. The van der Waals surface area contributed by atoms with E-state index in [4.69, 9.17) is 5.26 Å². The molecule has 0 aliphatic heterocycles. The van der Waals surface area contributed by atoms with E-state index in [0.717, 1.165) is 6.42 Å². The van der Waals surface area contributed by atoms with Gasteiger partial charge in [0.15, 0.2) is 0 Å². The minimum Gasteiger partial charge on any atom is -0.192 e. The van der Waals surface area contributed by atoms with Crippen molar-refractivity contribution >= 4 is 0 Å². The van der Waals surface area contributed by atoms with Crippen LogP contribution in [0.25, 0.3) is 0 Å². The predicted molar refractivity (Wildman–Crippen MR) is 59.3 cm³/mol. The quantitative estimate of drug-likeness (QED) is 0.472. The summed E-state index contributed by atoms with van der Waals surface area (Å²) in [4.78, 5) is 0. The smallest absolute Gasteiger partial charge is 0.0988 e. The van der Waals surface area contributed by atoms with Gasteiger partial charge in [0.25, 0.3) is 0 Å². The molecule has 0 unspecified atom stereocenters. The Morgan fingerprint density at radius 1 is 1.31 bits per heavy atom. The maximum Gasteiger partial charge on any atom is 0.0988 e. The summed E-state index contributed by atoms with van der Waals surface area (Å²) in [5.74, 6) is 0. The van der Waals surface area contributed by atoms with Crippen LogP contribution in [0.3, 0.4) is 0 Å². The molecule has 0 amide bonds. The van der Waals surface area contributed by atoms with Crippen LogP contribution in [0.5, 0.6) is 0 Å². The van der Waals surface area contributed by atoms with Crippen LogP contribution in [0.2, 0.25) is 0 Å². The second-order valence-electron chi connectivity index (χ2n) is 2.05. The molecule has 1 heteroatoms.